The van der Waals surface area contributed by atoms with Gasteiger partial charge in [0.25, 0.3) is 0 Å². The van der Waals surface area contributed by atoms with Gasteiger partial charge in [-0.1, -0.05) is 35.3 Å². The van der Waals surface area contributed by atoms with E-state index in [9.17, 15) is 22.7 Å². The summed E-state index contributed by atoms with van der Waals surface area (Å²) in [6.07, 6.45) is 0.809. The number of hydrogen-bond acceptors (Lipinski definition) is 8. The van der Waals surface area contributed by atoms with Gasteiger partial charge in [-0.2, -0.15) is 8.42 Å². The van der Waals surface area contributed by atoms with Crippen molar-refractivity contribution in [1.82, 2.24) is 14.5 Å². The van der Waals surface area contributed by atoms with Crippen molar-refractivity contribution in [1.29, 1.82) is 0 Å². The van der Waals surface area contributed by atoms with Gasteiger partial charge < -0.3 is 15.0 Å². The van der Waals surface area contributed by atoms with Crippen LogP contribution in [0.3, 0.4) is 0 Å². The van der Waals surface area contributed by atoms with Crippen molar-refractivity contribution in [3.8, 4) is 0 Å². The first kappa shape index (κ1) is 26.5. The Hall–Kier alpha value is -2.61. The molecule has 1 aromatic carbocycles. The lowest BCUT2D eigenvalue weighted by atomic mass is 10.1. The van der Waals surface area contributed by atoms with E-state index < -0.39 is 46.9 Å². The van der Waals surface area contributed by atoms with Crippen LogP contribution in [0.1, 0.15) is 27.9 Å². The lowest BCUT2D eigenvalue weighted by molar-refractivity contribution is 0.0501. The van der Waals surface area contributed by atoms with Gasteiger partial charge >= 0.3 is 10.3 Å². The SMILES string of the molecule is NS(=O)(=O)OC[C@H]1C[C@@H](Nc2ncncc2C(=O)c2cc(Cl)n(Cc3cccc(Cl)c3)c2)[C@@H](F)[C@@H]1O. The quantitative estimate of drug-likeness (QED) is 0.340. The van der Waals surface area contributed by atoms with Gasteiger partial charge in [-0.25, -0.2) is 19.5 Å². The molecule has 1 aliphatic carbocycles. The van der Waals surface area contributed by atoms with E-state index in [0.29, 0.717) is 16.7 Å². The molecule has 14 heteroatoms. The molecule has 0 unspecified atom stereocenters. The lowest BCUT2D eigenvalue weighted by Gasteiger charge is -2.18. The van der Waals surface area contributed by atoms with Gasteiger partial charge in [-0.15, -0.1) is 0 Å². The molecule has 0 bridgehead atoms. The van der Waals surface area contributed by atoms with Gasteiger partial charge in [0, 0.05) is 35.4 Å². The summed E-state index contributed by atoms with van der Waals surface area (Å²) < 4.78 is 43.0. The third-order valence-corrected chi connectivity index (χ3v) is 6.85. The number of rotatable bonds is 9. The number of aliphatic hydroxyl groups is 1. The highest BCUT2D eigenvalue weighted by Crippen LogP contribution is 2.32. The number of ketones is 1. The third kappa shape index (κ3) is 6.20. The first-order valence-electron chi connectivity index (χ1n) is 10.7. The molecule has 36 heavy (non-hydrogen) atoms. The van der Waals surface area contributed by atoms with Gasteiger partial charge in [-0.3, -0.25) is 8.98 Å². The van der Waals surface area contributed by atoms with Crippen molar-refractivity contribution < 1.29 is 26.9 Å². The largest absolute Gasteiger partial charge is 0.390 e. The number of benzene rings is 1. The Morgan fingerprint density at radius 1 is 1.33 bits per heavy atom. The number of nitrogens with one attached hydrogen (secondary N) is 1. The molecule has 1 fully saturated rings. The van der Waals surface area contributed by atoms with E-state index in [0.717, 1.165) is 5.56 Å². The maximum Gasteiger partial charge on any atom is 0.333 e. The minimum Gasteiger partial charge on any atom is -0.390 e. The minimum atomic E-state index is -4.24. The summed E-state index contributed by atoms with van der Waals surface area (Å²) in [5.74, 6) is -1.23. The number of nitrogens with two attached hydrogens (primary N) is 1. The molecule has 10 nitrogen and oxygen atoms in total. The van der Waals surface area contributed by atoms with Crippen LogP contribution in [0.4, 0.5) is 10.2 Å². The molecule has 0 radical (unpaired) electrons. The predicted molar refractivity (Wildman–Crippen MR) is 131 cm³/mol. The van der Waals surface area contributed by atoms with Crippen LogP contribution in [-0.2, 0) is 21.0 Å². The molecule has 1 aliphatic rings. The van der Waals surface area contributed by atoms with Crippen LogP contribution in [0.5, 0.6) is 0 Å². The second kappa shape index (κ2) is 10.8. The number of hydrogen-bond donors (Lipinski definition) is 3. The molecule has 0 saturated heterocycles. The van der Waals surface area contributed by atoms with E-state index in [1.54, 1.807) is 22.9 Å². The zero-order valence-corrected chi connectivity index (χ0v) is 20.9. The average Bonchev–Trinajstić information content (AvgIpc) is 3.31. The van der Waals surface area contributed by atoms with Gasteiger partial charge in [0.05, 0.1) is 24.3 Å². The van der Waals surface area contributed by atoms with E-state index in [1.807, 2.05) is 12.1 Å². The summed E-state index contributed by atoms with van der Waals surface area (Å²) in [4.78, 5) is 21.3. The van der Waals surface area contributed by atoms with Crippen LogP contribution in [0, 0.1) is 5.92 Å². The highest BCUT2D eigenvalue weighted by Gasteiger charge is 2.44. The summed E-state index contributed by atoms with van der Waals surface area (Å²) in [6, 6.07) is 7.76. The predicted octanol–water partition coefficient (Wildman–Crippen LogP) is 2.58. The number of aromatic nitrogens is 3. The summed E-state index contributed by atoms with van der Waals surface area (Å²) in [6.45, 7) is -0.0959. The standard InChI is InChI=1S/C22H22Cl2FN5O5S/c23-15-3-1-2-12(4-15)8-30-9-13(6-18(30)24)20(31)16-7-27-11-28-22(16)29-17-5-14(21(32)19(17)25)10-35-36(26,33)34/h1-4,6-7,9,11,14,17,19,21,32H,5,8,10H2,(H2,26,33,34)(H,27,28,29)/t14-,17-,19-,21-/m1/s1. The Labute approximate surface area is 216 Å². The van der Waals surface area contributed by atoms with E-state index >= 15 is 0 Å². The number of alkyl halides is 1. The van der Waals surface area contributed by atoms with Crippen LogP contribution >= 0.6 is 23.2 Å². The number of carbonyl (C=O) groups is 1. The molecule has 2 heterocycles. The molecule has 4 rings (SSSR count). The maximum absolute atomic E-state index is 14.8. The zero-order valence-electron chi connectivity index (χ0n) is 18.6. The number of aliphatic hydroxyl groups excluding tert-OH is 1. The van der Waals surface area contributed by atoms with E-state index in [2.05, 4.69) is 19.5 Å². The summed E-state index contributed by atoms with van der Waals surface area (Å²) >= 11 is 12.4. The van der Waals surface area contributed by atoms with Crippen LogP contribution in [0.25, 0.3) is 0 Å². The van der Waals surface area contributed by atoms with Crippen molar-refractivity contribution in [3.05, 3.63) is 75.9 Å². The van der Waals surface area contributed by atoms with Gasteiger partial charge in [-0.05, 0) is 30.2 Å². The highest BCUT2D eigenvalue weighted by atomic mass is 35.5. The van der Waals surface area contributed by atoms with Crippen molar-refractivity contribution in [2.45, 2.75) is 31.3 Å². The van der Waals surface area contributed by atoms with Crippen LogP contribution in [-0.4, -0.2) is 58.8 Å². The topological polar surface area (TPSA) is 149 Å². The molecule has 0 aliphatic heterocycles. The Morgan fingerprint density at radius 3 is 2.83 bits per heavy atom. The molecular formula is C22H22Cl2FN5O5S. The average molecular weight is 558 g/mol. The first-order valence-corrected chi connectivity index (χ1v) is 12.9. The van der Waals surface area contributed by atoms with Gasteiger partial charge in [0.1, 0.15) is 23.5 Å². The molecule has 0 amide bonds. The molecule has 192 valence electrons. The fourth-order valence-corrected chi connectivity index (χ4v) is 4.88. The number of halogens is 3. The monoisotopic (exact) mass is 557 g/mol. The summed E-state index contributed by atoms with van der Waals surface area (Å²) in [7, 11) is -4.24. The Kier molecular flexibility index (Phi) is 7.93. The summed E-state index contributed by atoms with van der Waals surface area (Å²) in [5.41, 5.74) is 1.22. The first-order chi connectivity index (χ1) is 17.0. The second-order valence-electron chi connectivity index (χ2n) is 8.38. The summed E-state index contributed by atoms with van der Waals surface area (Å²) in [5, 5.41) is 18.7. The van der Waals surface area contributed by atoms with E-state index in [-0.39, 0.29) is 23.4 Å². The minimum absolute atomic E-state index is 0.0112. The molecular weight excluding hydrogens is 536 g/mol. The molecule has 4 atom stereocenters. The second-order valence-corrected chi connectivity index (χ2v) is 10.4. The number of nitrogens with zero attached hydrogens (tertiary/aromatic N) is 3. The van der Waals surface area contributed by atoms with Gasteiger partial charge in [0.2, 0.25) is 0 Å². The Morgan fingerprint density at radius 2 is 2.11 bits per heavy atom. The Bertz CT molecular complexity index is 1370. The zero-order chi connectivity index (χ0) is 26.0. The number of anilines is 1. The van der Waals surface area contributed by atoms with Crippen molar-refractivity contribution >= 4 is 45.1 Å². The van der Waals surface area contributed by atoms with E-state index in [1.165, 1.54) is 18.6 Å². The van der Waals surface area contributed by atoms with Crippen molar-refractivity contribution in [3.63, 3.8) is 0 Å². The van der Waals surface area contributed by atoms with Crippen LogP contribution < -0.4 is 10.5 Å². The molecule has 4 N–H and O–H groups in total. The number of carbonyl (C=O) groups excluding carboxylic acids is 1. The molecule has 1 saturated carbocycles. The third-order valence-electron chi connectivity index (χ3n) is 5.82. The fourth-order valence-electron chi connectivity index (χ4n) is 4.08. The molecule has 0 spiro atoms. The highest BCUT2D eigenvalue weighted by molar-refractivity contribution is 7.84. The van der Waals surface area contributed by atoms with Gasteiger partial charge in [0.15, 0.2) is 5.78 Å². The molecule has 2 aromatic heterocycles. The molecule has 3 aromatic rings. The Balaban J connectivity index is 1.51. The van der Waals surface area contributed by atoms with Crippen LogP contribution in [0.15, 0.2) is 49.1 Å². The smallest absolute Gasteiger partial charge is 0.333 e. The van der Waals surface area contributed by atoms with E-state index in [4.69, 9.17) is 28.3 Å². The lowest BCUT2D eigenvalue weighted by Crippen LogP contribution is -2.33. The van der Waals surface area contributed by atoms with Crippen LogP contribution in [0.2, 0.25) is 10.2 Å². The normalized spacial score (nSPS) is 22.0. The maximum atomic E-state index is 14.8. The van der Waals surface area contributed by atoms with Crippen molar-refractivity contribution in [2.24, 2.45) is 11.1 Å². The van der Waals surface area contributed by atoms with Crippen molar-refractivity contribution in [2.75, 3.05) is 11.9 Å². The fraction of sp³-hybridized carbons (Fsp3) is 0.318.